The molecular formula is C35H37N5O5S. The number of cyclic esters (lactones) is 1. The lowest BCUT2D eigenvalue weighted by Gasteiger charge is -2.39. The highest BCUT2D eigenvalue weighted by atomic mass is 32.2. The number of carbonyl (C=O) groups excluding carboxylic acids is 1. The van der Waals surface area contributed by atoms with E-state index in [2.05, 4.69) is 39.6 Å². The second kappa shape index (κ2) is 12.9. The van der Waals surface area contributed by atoms with Crippen LogP contribution < -0.4 is 15.4 Å². The van der Waals surface area contributed by atoms with Crippen molar-refractivity contribution in [1.29, 1.82) is 0 Å². The molecule has 0 fully saturated rings. The van der Waals surface area contributed by atoms with Crippen molar-refractivity contribution in [2.45, 2.75) is 62.0 Å². The second-order valence-corrected chi connectivity index (χ2v) is 13.3. The van der Waals surface area contributed by atoms with Gasteiger partial charge in [-0.15, -0.1) is 0 Å². The molecule has 6 rings (SSSR count). The van der Waals surface area contributed by atoms with Gasteiger partial charge in [-0.2, -0.15) is 0 Å². The van der Waals surface area contributed by atoms with Crippen LogP contribution in [-0.2, 0) is 32.4 Å². The Labute approximate surface area is 269 Å². The molecule has 46 heavy (non-hydrogen) atoms. The summed E-state index contributed by atoms with van der Waals surface area (Å²) < 4.78 is 30.3. The maximum Gasteiger partial charge on any atom is 0.338 e. The summed E-state index contributed by atoms with van der Waals surface area (Å²) >= 11 is 0. The molecule has 0 radical (unpaired) electrons. The fourth-order valence-electron chi connectivity index (χ4n) is 6.46. The quantitative estimate of drug-likeness (QED) is 0.135. The number of fused-ring (bicyclic) bond motifs is 1. The molecule has 11 heteroatoms. The third-order valence-electron chi connectivity index (χ3n) is 8.85. The largest absolute Gasteiger partial charge is 0.512 e. The van der Waals surface area contributed by atoms with Crippen LogP contribution in [0.25, 0.3) is 0 Å². The number of nitrogens with zero attached hydrogens (tertiary/aromatic N) is 3. The Hall–Kier alpha value is -4.74. The van der Waals surface area contributed by atoms with Gasteiger partial charge < -0.3 is 20.1 Å². The first-order valence-corrected chi connectivity index (χ1v) is 16.9. The van der Waals surface area contributed by atoms with Crippen LogP contribution in [0.3, 0.4) is 0 Å². The molecule has 0 aliphatic carbocycles. The topological polar surface area (TPSA) is 148 Å². The van der Waals surface area contributed by atoms with Gasteiger partial charge >= 0.3 is 5.97 Å². The third-order valence-corrected chi connectivity index (χ3v) is 9.70. The van der Waals surface area contributed by atoms with Crippen molar-refractivity contribution < 1.29 is 23.1 Å². The SMILES string of the molecule is CCC(C1=C(O)CC(CCc2ccccc2)(CCc2ccccc2)OC1=O)c1ccc(N2CNc3c2ncnc3S(N)(=O)=O)cc1. The van der Waals surface area contributed by atoms with Crippen LogP contribution in [-0.4, -0.2) is 41.7 Å². The molecule has 0 saturated carbocycles. The highest BCUT2D eigenvalue weighted by Crippen LogP contribution is 2.43. The standard InChI is InChI=1S/C35H37N5O5S/c1-2-28(26-13-15-27(16-14-26)40-23-39-31-32(40)37-22-38-33(31)46(36,43)44)30-29(41)21-35(45-34(30)42,19-17-24-9-5-3-6-10-24)20-18-25-11-7-4-8-12-25/h3-16,22,28,39,41H,2,17-21,23H2,1H3,(H2,36,43,44). The van der Waals surface area contributed by atoms with E-state index in [0.29, 0.717) is 30.7 Å². The molecule has 0 amide bonds. The van der Waals surface area contributed by atoms with Crippen LogP contribution in [0.5, 0.6) is 0 Å². The van der Waals surface area contributed by atoms with Crippen molar-refractivity contribution in [2.24, 2.45) is 5.14 Å². The first kappa shape index (κ1) is 31.3. The lowest BCUT2D eigenvalue weighted by Crippen LogP contribution is -2.42. The zero-order chi connectivity index (χ0) is 32.3. The van der Waals surface area contributed by atoms with Crippen molar-refractivity contribution in [2.75, 3.05) is 16.9 Å². The number of anilines is 3. The molecule has 0 saturated heterocycles. The van der Waals surface area contributed by atoms with E-state index >= 15 is 0 Å². The van der Waals surface area contributed by atoms with Crippen molar-refractivity contribution in [3.63, 3.8) is 0 Å². The zero-order valence-corrected chi connectivity index (χ0v) is 26.4. The maximum atomic E-state index is 13.8. The summed E-state index contributed by atoms with van der Waals surface area (Å²) in [5.41, 5.74) is 3.64. The molecule has 2 aliphatic rings. The number of hydrogen-bond acceptors (Lipinski definition) is 9. The van der Waals surface area contributed by atoms with Gasteiger partial charge in [0, 0.05) is 18.0 Å². The highest BCUT2D eigenvalue weighted by molar-refractivity contribution is 7.89. The van der Waals surface area contributed by atoms with Crippen molar-refractivity contribution in [3.8, 4) is 0 Å². The number of aryl methyl sites for hydroxylation is 2. The number of rotatable bonds is 11. The van der Waals surface area contributed by atoms with Gasteiger partial charge in [0.15, 0.2) is 10.8 Å². The number of hydrogen-bond donors (Lipinski definition) is 3. The van der Waals surface area contributed by atoms with E-state index in [9.17, 15) is 18.3 Å². The number of aliphatic hydroxyl groups is 1. The molecule has 1 aromatic heterocycles. The lowest BCUT2D eigenvalue weighted by atomic mass is 9.79. The Kier molecular flexibility index (Phi) is 8.79. The average molecular weight is 640 g/mol. The minimum Gasteiger partial charge on any atom is -0.512 e. The van der Waals surface area contributed by atoms with Crippen molar-refractivity contribution in [3.05, 3.63) is 119 Å². The van der Waals surface area contributed by atoms with E-state index in [0.717, 1.165) is 35.2 Å². The van der Waals surface area contributed by atoms with E-state index < -0.39 is 21.6 Å². The van der Waals surface area contributed by atoms with Gasteiger partial charge in [0.25, 0.3) is 10.0 Å². The molecular weight excluding hydrogens is 602 g/mol. The summed E-state index contributed by atoms with van der Waals surface area (Å²) in [4.78, 5) is 23.7. The van der Waals surface area contributed by atoms with Crippen LogP contribution >= 0.6 is 0 Å². The van der Waals surface area contributed by atoms with Crippen LogP contribution in [0.1, 0.15) is 55.2 Å². The monoisotopic (exact) mass is 639 g/mol. The van der Waals surface area contributed by atoms with Gasteiger partial charge in [-0.3, -0.25) is 0 Å². The molecule has 238 valence electrons. The number of nitrogens with one attached hydrogen (secondary N) is 1. The number of aromatic nitrogens is 2. The molecule has 3 heterocycles. The number of aliphatic hydroxyl groups excluding tert-OH is 1. The van der Waals surface area contributed by atoms with Gasteiger partial charge in [0.05, 0.1) is 12.2 Å². The van der Waals surface area contributed by atoms with Gasteiger partial charge in [0.2, 0.25) is 0 Å². The minimum atomic E-state index is -4.04. The van der Waals surface area contributed by atoms with E-state index in [1.54, 1.807) is 0 Å². The number of nitrogens with two attached hydrogens (primary N) is 1. The van der Waals surface area contributed by atoms with Crippen LogP contribution in [0.2, 0.25) is 0 Å². The summed E-state index contributed by atoms with van der Waals surface area (Å²) in [7, 11) is -4.04. The van der Waals surface area contributed by atoms with Gasteiger partial charge in [-0.1, -0.05) is 79.7 Å². The predicted molar refractivity (Wildman–Crippen MR) is 176 cm³/mol. The molecule has 0 spiro atoms. The Balaban J connectivity index is 1.25. The van der Waals surface area contributed by atoms with E-state index in [1.807, 2.05) is 72.5 Å². The first-order chi connectivity index (χ1) is 22.2. The van der Waals surface area contributed by atoms with E-state index in [1.165, 1.54) is 6.33 Å². The van der Waals surface area contributed by atoms with Gasteiger partial charge in [0.1, 0.15) is 23.4 Å². The summed E-state index contributed by atoms with van der Waals surface area (Å²) in [5.74, 6) is -0.371. The first-order valence-electron chi connectivity index (χ1n) is 15.4. The number of sulfonamides is 1. The molecule has 4 aromatic rings. The Morgan fingerprint density at radius 2 is 1.57 bits per heavy atom. The molecule has 1 atom stereocenters. The molecule has 1 unspecified atom stereocenters. The number of benzene rings is 3. The number of primary sulfonamides is 1. The summed E-state index contributed by atoms with van der Waals surface area (Å²) in [6, 6.07) is 27.8. The maximum absolute atomic E-state index is 13.8. The van der Waals surface area contributed by atoms with Crippen molar-refractivity contribution in [1.82, 2.24) is 9.97 Å². The summed E-state index contributed by atoms with van der Waals surface area (Å²) in [5, 5.41) is 19.7. The fourth-order valence-corrected chi connectivity index (χ4v) is 7.10. The number of carbonyl (C=O) groups is 1. The van der Waals surface area contributed by atoms with Crippen molar-refractivity contribution >= 4 is 33.2 Å². The minimum absolute atomic E-state index is 0.0817. The van der Waals surface area contributed by atoms with Crippen LogP contribution in [0.15, 0.2) is 108 Å². The van der Waals surface area contributed by atoms with Gasteiger partial charge in [-0.05, 0) is 60.9 Å². The van der Waals surface area contributed by atoms with E-state index in [4.69, 9.17) is 9.88 Å². The summed E-state index contributed by atoms with van der Waals surface area (Å²) in [6.45, 7) is 2.25. The smallest absolute Gasteiger partial charge is 0.338 e. The molecule has 4 N–H and O–H groups in total. The van der Waals surface area contributed by atoms with E-state index in [-0.39, 0.29) is 35.5 Å². The van der Waals surface area contributed by atoms with Crippen LogP contribution in [0.4, 0.5) is 17.2 Å². The highest BCUT2D eigenvalue weighted by Gasteiger charge is 2.43. The van der Waals surface area contributed by atoms with Crippen LogP contribution in [0, 0.1) is 0 Å². The Bertz CT molecular complexity index is 1800. The normalized spacial score (nSPS) is 16.5. The molecule has 0 bridgehead atoms. The summed E-state index contributed by atoms with van der Waals surface area (Å²) in [6.07, 6.45) is 4.65. The Morgan fingerprint density at radius 3 is 2.11 bits per heavy atom. The average Bonchev–Trinajstić information content (AvgIpc) is 3.50. The molecule has 10 nitrogen and oxygen atoms in total. The van der Waals surface area contributed by atoms with Gasteiger partial charge in [-0.25, -0.2) is 28.3 Å². The zero-order valence-electron chi connectivity index (χ0n) is 25.6. The lowest BCUT2D eigenvalue weighted by molar-refractivity contribution is -0.161. The third kappa shape index (κ3) is 6.47. The predicted octanol–water partition coefficient (Wildman–Crippen LogP) is 5.90. The Morgan fingerprint density at radius 1 is 0.957 bits per heavy atom. The second-order valence-electron chi connectivity index (χ2n) is 11.8. The number of esters is 1. The number of ether oxygens (including phenoxy) is 1. The molecule has 2 aliphatic heterocycles. The fraction of sp³-hybridized carbons (Fsp3) is 0.286. The molecule has 3 aromatic carbocycles.